The Morgan fingerprint density at radius 2 is 1.50 bits per heavy atom. The lowest BCUT2D eigenvalue weighted by Gasteiger charge is -2.14. The van der Waals surface area contributed by atoms with Crippen molar-refractivity contribution in [3.63, 3.8) is 0 Å². The Hall–Kier alpha value is -2.21. The summed E-state index contributed by atoms with van der Waals surface area (Å²) < 4.78 is 33.4. The van der Waals surface area contributed by atoms with Crippen LogP contribution in [0.4, 0.5) is 5.69 Å². The SMILES string of the molecule is O=S(=O)(Cc1ccc(Cl)cc1)Nc1cc(Cl)ccc1Oc1ccccc1. The Bertz CT molecular complexity index is 991. The Balaban J connectivity index is 1.83. The van der Waals surface area contributed by atoms with Gasteiger partial charge in [0.25, 0.3) is 0 Å². The van der Waals surface area contributed by atoms with Gasteiger partial charge in [-0.25, -0.2) is 8.42 Å². The maximum absolute atomic E-state index is 12.5. The van der Waals surface area contributed by atoms with Gasteiger partial charge in [0.05, 0.1) is 11.4 Å². The molecule has 7 heteroatoms. The highest BCUT2D eigenvalue weighted by atomic mass is 35.5. The molecule has 0 aromatic heterocycles. The number of halogens is 2. The summed E-state index contributed by atoms with van der Waals surface area (Å²) in [4.78, 5) is 0. The zero-order chi connectivity index (χ0) is 18.6. The molecule has 0 aliphatic rings. The minimum absolute atomic E-state index is 0.193. The van der Waals surface area contributed by atoms with Crippen LogP contribution in [0.2, 0.25) is 10.0 Å². The summed E-state index contributed by atoms with van der Waals surface area (Å²) in [6.45, 7) is 0. The van der Waals surface area contributed by atoms with Crippen molar-refractivity contribution in [2.24, 2.45) is 0 Å². The van der Waals surface area contributed by atoms with E-state index in [0.717, 1.165) is 0 Å². The van der Waals surface area contributed by atoms with E-state index in [0.29, 0.717) is 27.1 Å². The van der Waals surface area contributed by atoms with Gasteiger partial charge < -0.3 is 4.74 Å². The monoisotopic (exact) mass is 407 g/mol. The van der Waals surface area contributed by atoms with Crippen molar-refractivity contribution in [2.45, 2.75) is 5.75 Å². The van der Waals surface area contributed by atoms with Gasteiger partial charge in [0.2, 0.25) is 10.0 Å². The lowest BCUT2D eigenvalue weighted by Crippen LogP contribution is -2.15. The van der Waals surface area contributed by atoms with E-state index in [1.165, 1.54) is 6.07 Å². The number of hydrogen-bond donors (Lipinski definition) is 1. The van der Waals surface area contributed by atoms with E-state index < -0.39 is 10.0 Å². The zero-order valence-electron chi connectivity index (χ0n) is 13.5. The van der Waals surface area contributed by atoms with Crippen molar-refractivity contribution < 1.29 is 13.2 Å². The van der Waals surface area contributed by atoms with Crippen LogP contribution in [0, 0.1) is 0 Å². The topological polar surface area (TPSA) is 55.4 Å². The molecule has 0 radical (unpaired) electrons. The molecule has 0 amide bonds. The van der Waals surface area contributed by atoms with Crippen LogP contribution >= 0.6 is 23.2 Å². The summed E-state index contributed by atoms with van der Waals surface area (Å²) in [5.41, 5.74) is 0.893. The summed E-state index contributed by atoms with van der Waals surface area (Å²) in [6.07, 6.45) is 0. The van der Waals surface area contributed by atoms with Gasteiger partial charge in [0, 0.05) is 10.0 Å². The molecule has 134 valence electrons. The summed E-state index contributed by atoms with van der Waals surface area (Å²) >= 11 is 11.9. The fourth-order valence-corrected chi connectivity index (χ4v) is 3.79. The molecule has 0 atom stereocenters. The predicted octanol–water partition coefficient (Wildman–Crippen LogP) is 5.73. The van der Waals surface area contributed by atoms with Crippen LogP contribution < -0.4 is 9.46 Å². The molecule has 3 aromatic carbocycles. The fourth-order valence-electron chi connectivity index (χ4n) is 2.29. The second-order valence-electron chi connectivity index (χ2n) is 5.54. The Kier molecular flexibility index (Phi) is 5.71. The first-order valence-corrected chi connectivity index (χ1v) is 10.1. The highest BCUT2D eigenvalue weighted by Gasteiger charge is 2.16. The minimum atomic E-state index is -3.66. The Morgan fingerprint density at radius 3 is 2.19 bits per heavy atom. The average Bonchev–Trinajstić information content (AvgIpc) is 2.60. The van der Waals surface area contributed by atoms with Crippen LogP contribution in [0.15, 0.2) is 72.8 Å². The van der Waals surface area contributed by atoms with Crippen LogP contribution in [0.3, 0.4) is 0 Å². The van der Waals surface area contributed by atoms with Crippen molar-refractivity contribution in [1.82, 2.24) is 0 Å². The normalized spacial score (nSPS) is 11.2. The molecule has 0 bridgehead atoms. The maximum atomic E-state index is 12.5. The number of sulfonamides is 1. The van der Waals surface area contributed by atoms with E-state index in [1.807, 2.05) is 18.2 Å². The van der Waals surface area contributed by atoms with Gasteiger partial charge in [-0.05, 0) is 48.0 Å². The van der Waals surface area contributed by atoms with Gasteiger partial charge in [-0.2, -0.15) is 0 Å². The highest BCUT2D eigenvalue weighted by molar-refractivity contribution is 7.91. The van der Waals surface area contributed by atoms with E-state index >= 15 is 0 Å². The van der Waals surface area contributed by atoms with Crippen molar-refractivity contribution in [1.29, 1.82) is 0 Å². The van der Waals surface area contributed by atoms with Crippen molar-refractivity contribution >= 4 is 38.9 Å². The second-order valence-corrected chi connectivity index (χ2v) is 8.14. The molecule has 0 spiro atoms. The quantitative estimate of drug-likeness (QED) is 0.567. The molecule has 1 N–H and O–H groups in total. The number of nitrogens with one attached hydrogen (secondary N) is 1. The van der Waals surface area contributed by atoms with Crippen LogP contribution in [0.5, 0.6) is 11.5 Å². The summed E-state index contributed by atoms with van der Waals surface area (Å²) in [6, 6.07) is 20.5. The van der Waals surface area contributed by atoms with Crippen LogP contribution in [0.1, 0.15) is 5.56 Å². The van der Waals surface area contributed by atoms with Gasteiger partial charge in [0.1, 0.15) is 5.75 Å². The van der Waals surface area contributed by atoms with Gasteiger partial charge in [-0.1, -0.05) is 53.5 Å². The summed E-state index contributed by atoms with van der Waals surface area (Å²) in [7, 11) is -3.66. The van der Waals surface area contributed by atoms with E-state index in [-0.39, 0.29) is 11.4 Å². The number of anilines is 1. The Labute approximate surface area is 162 Å². The third kappa shape index (κ3) is 5.14. The third-order valence-corrected chi connectivity index (χ3v) is 5.18. The average molecular weight is 408 g/mol. The largest absolute Gasteiger partial charge is 0.455 e. The van der Waals surface area contributed by atoms with E-state index in [2.05, 4.69) is 4.72 Å². The first kappa shape index (κ1) is 18.6. The molecule has 0 unspecified atom stereocenters. The van der Waals surface area contributed by atoms with Crippen LogP contribution in [0.25, 0.3) is 0 Å². The van der Waals surface area contributed by atoms with E-state index in [1.54, 1.807) is 48.5 Å². The van der Waals surface area contributed by atoms with E-state index in [4.69, 9.17) is 27.9 Å². The van der Waals surface area contributed by atoms with Gasteiger partial charge in [-0.3, -0.25) is 4.72 Å². The molecule has 4 nitrogen and oxygen atoms in total. The maximum Gasteiger partial charge on any atom is 0.237 e. The second kappa shape index (κ2) is 7.99. The number of para-hydroxylation sites is 1. The lowest BCUT2D eigenvalue weighted by atomic mass is 10.2. The number of rotatable bonds is 6. The first-order valence-electron chi connectivity index (χ1n) is 7.69. The summed E-state index contributed by atoms with van der Waals surface area (Å²) in [5, 5.41) is 0.946. The van der Waals surface area contributed by atoms with Crippen molar-refractivity contribution in [3.05, 3.63) is 88.4 Å². The number of hydrogen-bond acceptors (Lipinski definition) is 3. The van der Waals surface area contributed by atoms with Crippen molar-refractivity contribution in [3.8, 4) is 11.5 Å². The molecular formula is C19H15Cl2NO3S. The molecule has 0 saturated carbocycles. The highest BCUT2D eigenvalue weighted by Crippen LogP contribution is 2.33. The number of ether oxygens (including phenoxy) is 1. The first-order chi connectivity index (χ1) is 12.4. The lowest BCUT2D eigenvalue weighted by molar-refractivity contribution is 0.485. The van der Waals surface area contributed by atoms with Gasteiger partial charge >= 0.3 is 0 Å². The molecule has 3 aromatic rings. The van der Waals surface area contributed by atoms with E-state index in [9.17, 15) is 8.42 Å². The number of benzene rings is 3. The molecule has 0 aliphatic heterocycles. The molecule has 26 heavy (non-hydrogen) atoms. The van der Waals surface area contributed by atoms with Crippen LogP contribution in [-0.2, 0) is 15.8 Å². The third-order valence-electron chi connectivity index (χ3n) is 3.45. The minimum Gasteiger partial charge on any atom is -0.455 e. The molecule has 0 fully saturated rings. The molecule has 3 rings (SSSR count). The van der Waals surface area contributed by atoms with Gasteiger partial charge in [0.15, 0.2) is 5.75 Å². The standard InChI is InChI=1S/C19H15Cl2NO3S/c20-15-8-6-14(7-9-15)13-26(23,24)22-18-12-16(21)10-11-19(18)25-17-4-2-1-3-5-17/h1-12,22H,13H2. The predicted molar refractivity (Wildman–Crippen MR) is 106 cm³/mol. The van der Waals surface area contributed by atoms with Crippen molar-refractivity contribution in [2.75, 3.05) is 4.72 Å². The molecular weight excluding hydrogens is 393 g/mol. The smallest absolute Gasteiger partial charge is 0.237 e. The van der Waals surface area contributed by atoms with Crippen LogP contribution in [-0.4, -0.2) is 8.42 Å². The van der Waals surface area contributed by atoms with Gasteiger partial charge in [-0.15, -0.1) is 0 Å². The Morgan fingerprint density at radius 1 is 0.846 bits per heavy atom. The summed E-state index contributed by atoms with van der Waals surface area (Å²) in [5.74, 6) is 0.759. The molecule has 0 heterocycles. The fraction of sp³-hybridized carbons (Fsp3) is 0.0526. The molecule has 0 saturated heterocycles. The zero-order valence-corrected chi connectivity index (χ0v) is 15.9. The molecule has 0 aliphatic carbocycles.